The van der Waals surface area contributed by atoms with Gasteiger partial charge in [0.2, 0.25) is 0 Å². The maximum absolute atomic E-state index is 8.56. The van der Waals surface area contributed by atoms with Crippen LogP contribution >= 0.6 is 0 Å². The first-order chi connectivity index (χ1) is 7.38. The summed E-state index contributed by atoms with van der Waals surface area (Å²) >= 11 is 0. The summed E-state index contributed by atoms with van der Waals surface area (Å²) in [5.74, 6) is 1.63. The van der Waals surface area contributed by atoms with Crippen molar-refractivity contribution in [2.75, 3.05) is 6.61 Å². The van der Waals surface area contributed by atoms with Crippen LogP contribution in [0.4, 0.5) is 0 Å². The highest BCUT2D eigenvalue weighted by atomic mass is 16.5. The van der Waals surface area contributed by atoms with E-state index in [9.17, 15) is 0 Å². The molecule has 0 aromatic carbocycles. The first-order valence-corrected chi connectivity index (χ1v) is 5.37. The van der Waals surface area contributed by atoms with Gasteiger partial charge in [-0.25, -0.2) is 4.98 Å². The summed E-state index contributed by atoms with van der Waals surface area (Å²) in [5, 5.41) is 8.56. The molecule has 1 aliphatic rings. The fraction of sp³-hybridized carbons (Fsp3) is 0.500. The Hall–Kier alpha value is -1.56. The summed E-state index contributed by atoms with van der Waals surface area (Å²) in [6, 6.07) is 5.46. The molecular weight excluding hydrogens is 188 g/mol. The Bertz CT molecular complexity index is 349. The lowest BCUT2D eigenvalue weighted by Crippen LogP contribution is -2.14. The average molecular weight is 202 g/mol. The van der Waals surface area contributed by atoms with Crippen molar-refractivity contribution in [3.05, 3.63) is 24.0 Å². The number of pyridine rings is 1. The van der Waals surface area contributed by atoms with Gasteiger partial charge in [0.25, 0.3) is 0 Å². The van der Waals surface area contributed by atoms with Crippen LogP contribution in [0, 0.1) is 17.2 Å². The number of nitriles is 1. The molecule has 1 fully saturated rings. The van der Waals surface area contributed by atoms with Gasteiger partial charge in [0.15, 0.2) is 0 Å². The van der Waals surface area contributed by atoms with Crippen molar-refractivity contribution in [3.63, 3.8) is 0 Å². The number of hydrogen-bond acceptors (Lipinski definition) is 3. The van der Waals surface area contributed by atoms with Crippen LogP contribution in [0.1, 0.15) is 31.4 Å². The Labute approximate surface area is 89.7 Å². The van der Waals surface area contributed by atoms with Gasteiger partial charge in [-0.05, 0) is 24.5 Å². The van der Waals surface area contributed by atoms with Gasteiger partial charge in [-0.1, -0.05) is 19.3 Å². The molecule has 1 heterocycles. The van der Waals surface area contributed by atoms with E-state index in [1.165, 1.54) is 19.3 Å². The second-order valence-corrected chi connectivity index (χ2v) is 3.93. The SMILES string of the molecule is N#Cc1ccc(OCCC2CCC2)cn1. The van der Waals surface area contributed by atoms with E-state index in [1.54, 1.807) is 18.3 Å². The zero-order chi connectivity index (χ0) is 10.5. The van der Waals surface area contributed by atoms with Crippen LogP contribution in [0.3, 0.4) is 0 Å². The molecule has 3 heteroatoms. The minimum absolute atomic E-state index is 0.432. The third kappa shape index (κ3) is 2.69. The number of aromatic nitrogens is 1. The molecule has 0 radical (unpaired) electrons. The molecule has 0 amide bonds. The van der Waals surface area contributed by atoms with E-state index >= 15 is 0 Å². The van der Waals surface area contributed by atoms with Crippen LogP contribution in [-0.2, 0) is 0 Å². The highest BCUT2D eigenvalue weighted by molar-refractivity contribution is 5.26. The lowest BCUT2D eigenvalue weighted by atomic mass is 9.83. The van der Waals surface area contributed by atoms with Crippen molar-refractivity contribution < 1.29 is 4.74 Å². The highest BCUT2D eigenvalue weighted by Gasteiger charge is 2.16. The van der Waals surface area contributed by atoms with Crippen molar-refractivity contribution in [2.45, 2.75) is 25.7 Å². The molecule has 3 nitrogen and oxygen atoms in total. The van der Waals surface area contributed by atoms with Crippen LogP contribution in [0.25, 0.3) is 0 Å². The predicted molar refractivity (Wildman–Crippen MR) is 56.4 cm³/mol. The molecule has 2 rings (SSSR count). The molecule has 0 bridgehead atoms. The second kappa shape index (κ2) is 4.79. The van der Waals surface area contributed by atoms with E-state index in [-0.39, 0.29) is 0 Å². The maximum atomic E-state index is 8.56. The van der Waals surface area contributed by atoms with Gasteiger partial charge < -0.3 is 4.74 Å². The predicted octanol–water partition coefficient (Wildman–Crippen LogP) is 2.52. The maximum Gasteiger partial charge on any atom is 0.140 e. The fourth-order valence-corrected chi connectivity index (χ4v) is 1.66. The largest absolute Gasteiger partial charge is 0.492 e. The monoisotopic (exact) mass is 202 g/mol. The molecule has 0 aliphatic heterocycles. The summed E-state index contributed by atoms with van der Waals surface area (Å²) in [4.78, 5) is 3.94. The van der Waals surface area contributed by atoms with E-state index in [0.717, 1.165) is 24.7 Å². The molecule has 1 saturated carbocycles. The number of nitrogens with zero attached hydrogens (tertiary/aromatic N) is 2. The number of ether oxygens (including phenoxy) is 1. The Morgan fingerprint density at radius 3 is 2.87 bits per heavy atom. The van der Waals surface area contributed by atoms with Crippen LogP contribution in [0.2, 0.25) is 0 Å². The minimum atomic E-state index is 0.432. The summed E-state index contributed by atoms with van der Waals surface area (Å²) in [6.45, 7) is 0.762. The number of hydrogen-bond donors (Lipinski definition) is 0. The third-order valence-electron chi connectivity index (χ3n) is 2.87. The van der Waals surface area contributed by atoms with Gasteiger partial charge in [0, 0.05) is 0 Å². The molecule has 0 unspecified atom stereocenters. The summed E-state index contributed by atoms with van der Waals surface area (Å²) < 4.78 is 5.54. The van der Waals surface area contributed by atoms with E-state index < -0.39 is 0 Å². The second-order valence-electron chi connectivity index (χ2n) is 3.93. The topological polar surface area (TPSA) is 45.9 Å². The molecule has 1 aliphatic carbocycles. The zero-order valence-electron chi connectivity index (χ0n) is 8.65. The quantitative estimate of drug-likeness (QED) is 0.753. The normalized spacial score (nSPS) is 15.4. The molecule has 1 aromatic heterocycles. The van der Waals surface area contributed by atoms with Crippen LogP contribution in [0.15, 0.2) is 18.3 Å². The number of rotatable bonds is 4. The molecule has 0 N–H and O–H groups in total. The van der Waals surface area contributed by atoms with Crippen LogP contribution < -0.4 is 4.74 Å². The van der Waals surface area contributed by atoms with Crippen LogP contribution in [0.5, 0.6) is 5.75 Å². The molecule has 0 saturated heterocycles. The molecule has 15 heavy (non-hydrogen) atoms. The van der Waals surface area contributed by atoms with Gasteiger partial charge in [0.05, 0.1) is 12.8 Å². The first-order valence-electron chi connectivity index (χ1n) is 5.37. The smallest absolute Gasteiger partial charge is 0.140 e. The van der Waals surface area contributed by atoms with Crippen molar-refractivity contribution >= 4 is 0 Å². The van der Waals surface area contributed by atoms with Gasteiger partial charge in [0.1, 0.15) is 17.5 Å². The van der Waals surface area contributed by atoms with Crippen molar-refractivity contribution in [3.8, 4) is 11.8 Å². The van der Waals surface area contributed by atoms with Gasteiger partial charge in [-0.15, -0.1) is 0 Å². The Balaban J connectivity index is 1.75. The molecule has 0 spiro atoms. The summed E-state index contributed by atoms with van der Waals surface area (Å²) in [7, 11) is 0. The first kappa shape index (κ1) is 9.97. The van der Waals surface area contributed by atoms with Crippen molar-refractivity contribution in [1.82, 2.24) is 4.98 Å². The lowest BCUT2D eigenvalue weighted by molar-refractivity contribution is 0.221. The Morgan fingerprint density at radius 2 is 2.33 bits per heavy atom. The van der Waals surface area contributed by atoms with Crippen molar-refractivity contribution in [1.29, 1.82) is 5.26 Å². The molecule has 78 valence electrons. The Morgan fingerprint density at radius 1 is 1.47 bits per heavy atom. The molecule has 1 aromatic rings. The third-order valence-corrected chi connectivity index (χ3v) is 2.87. The molecule has 0 atom stereocenters. The lowest BCUT2D eigenvalue weighted by Gasteiger charge is -2.24. The standard InChI is InChI=1S/C12H14N2O/c13-8-11-4-5-12(9-14-11)15-7-6-10-2-1-3-10/h4-5,9-10H,1-3,6-7H2. The van der Waals surface area contributed by atoms with Crippen LogP contribution in [-0.4, -0.2) is 11.6 Å². The van der Waals surface area contributed by atoms with Crippen molar-refractivity contribution in [2.24, 2.45) is 5.92 Å². The van der Waals surface area contributed by atoms with Gasteiger partial charge in [-0.2, -0.15) is 5.26 Å². The molecular formula is C12H14N2O. The summed E-state index contributed by atoms with van der Waals surface area (Å²) in [6.07, 6.45) is 6.84. The van der Waals surface area contributed by atoms with Gasteiger partial charge >= 0.3 is 0 Å². The highest BCUT2D eigenvalue weighted by Crippen LogP contribution is 2.29. The van der Waals surface area contributed by atoms with Gasteiger partial charge in [-0.3, -0.25) is 0 Å². The van der Waals surface area contributed by atoms with E-state index in [1.807, 2.05) is 6.07 Å². The summed E-state index contributed by atoms with van der Waals surface area (Å²) in [5.41, 5.74) is 0.432. The van der Waals surface area contributed by atoms with E-state index in [2.05, 4.69) is 4.98 Å². The Kier molecular flexibility index (Phi) is 3.18. The average Bonchev–Trinajstić information content (AvgIpc) is 2.23. The van der Waals surface area contributed by atoms with E-state index in [4.69, 9.17) is 10.00 Å². The minimum Gasteiger partial charge on any atom is -0.492 e. The fourth-order valence-electron chi connectivity index (χ4n) is 1.66. The zero-order valence-corrected chi connectivity index (χ0v) is 8.65. The van der Waals surface area contributed by atoms with E-state index in [0.29, 0.717) is 5.69 Å².